The van der Waals surface area contributed by atoms with Crippen LogP contribution in [0.4, 0.5) is 5.69 Å². The number of aromatic nitrogens is 2. The zero-order valence-electron chi connectivity index (χ0n) is 9.91. The van der Waals surface area contributed by atoms with E-state index in [9.17, 15) is 0 Å². The molecule has 86 valence electrons. The topological polar surface area (TPSA) is 64.5 Å². The minimum atomic E-state index is 0.685. The quantitative estimate of drug-likeness (QED) is 0.845. The van der Waals surface area contributed by atoms with Crippen LogP contribution in [0, 0.1) is 25.2 Å². The van der Waals surface area contributed by atoms with Crippen molar-refractivity contribution >= 4 is 5.69 Å². The van der Waals surface area contributed by atoms with Crippen molar-refractivity contribution in [1.82, 2.24) is 10.2 Å². The maximum absolute atomic E-state index is 8.82. The molecule has 1 aromatic heterocycles. The number of aromatic amines is 1. The van der Waals surface area contributed by atoms with Gasteiger partial charge in [-0.1, -0.05) is 12.1 Å². The molecule has 0 unspecified atom stereocenters. The van der Waals surface area contributed by atoms with Gasteiger partial charge >= 0.3 is 0 Å². The fourth-order valence-electron chi connectivity index (χ4n) is 1.75. The average Bonchev–Trinajstić information content (AvgIpc) is 2.67. The monoisotopic (exact) mass is 226 g/mol. The molecule has 0 saturated carbocycles. The van der Waals surface area contributed by atoms with Crippen molar-refractivity contribution in [3.05, 3.63) is 46.8 Å². The van der Waals surface area contributed by atoms with Crippen molar-refractivity contribution in [1.29, 1.82) is 5.26 Å². The third-order valence-corrected chi connectivity index (χ3v) is 2.65. The van der Waals surface area contributed by atoms with E-state index in [0.29, 0.717) is 12.1 Å². The van der Waals surface area contributed by atoms with E-state index in [1.807, 2.05) is 32.0 Å². The van der Waals surface area contributed by atoms with Gasteiger partial charge in [-0.15, -0.1) is 0 Å². The summed E-state index contributed by atoms with van der Waals surface area (Å²) in [6.45, 7) is 4.63. The molecule has 0 aliphatic rings. The second kappa shape index (κ2) is 4.71. The lowest BCUT2D eigenvalue weighted by atomic mass is 10.1. The molecule has 0 aliphatic carbocycles. The van der Waals surface area contributed by atoms with E-state index in [-0.39, 0.29) is 0 Å². The molecule has 2 N–H and O–H groups in total. The van der Waals surface area contributed by atoms with Crippen LogP contribution in [0.25, 0.3) is 0 Å². The van der Waals surface area contributed by atoms with Crippen LogP contribution < -0.4 is 5.32 Å². The van der Waals surface area contributed by atoms with E-state index in [0.717, 1.165) is 22.6 Å². The number of H-pyrrole nitrogens is 1. The standard InChI is InChI=1S/C13H14N4/c1-9-13(10(2)17-16-9)15-8-12-5-3-4-11(6-12)7-14/h3-6,15H,8H2,1-2H3,(H,16,17). The van der Waals surface area contributed by atoms with Crippen LogP contribution in [-0.4, -0.2) is 10.2 Å². The molecule has 4 heteroatoms. The van der Waals surface area contributed by atoms with Crippen molar-refractivity contribution in [3.63, 3.8) is 0 Å². The predicted octanol–water partition coefficient (Wildman–Crippen LogP) is 2.51. The summed E-state index contributed by atoms with van der Waals surface area (Å²) in [4.78, 5) is 0. The van der Waals surface area contributed by atoms with E-state index >= 15 is 0 Å². The van der Waals surface area contributed by atoms with Gasteiger partial charge in [0.15, 0.2) is 0 Å². The smallest absolute Gasteiger partial charge is 0.0991 e. The molecule has 0 amide bonds. The zero-order valence-corrected chi connectivity index (χ0v) is 9.91. The summed E-state index contributed by atoms with van der Waals surface area (Å²) in [5.74, 6) is 0. The van der Waals surface area contributed by atoms with Gasteiger partial charge in [0.25, 0.3) is 0 Å². The lowest BCUT2D eigenvalue weighted by molar-refractivity contribution is 1.02. The van der Waals surface area contributed by atoms with Gasteiger partial charge in [0, 0.05) is 6.54 Å². The Bertz CT molecular complexity index is 544. The maximum Gasteiger partial charge on any atom is 0.0991 e. The zero-order chi connectivity index (χ0) is 12.3. The molecule has 0 spiro atoms. The van der Waals surface area contributed by atoms with Crippen LogP contribution in [0.15, 0.2) is 24.3 Å². The Labute approximate surface area is 100 Å². The largest absolute Gasteiger partial charge is 0.378 e. The predicted molar refractivity (Wildman–Crippen MR) is 66.5 cm³/mol. The molecule has 0 radical (unpaired) electrons. The van der Waals surface area contributed by atoms with E-state index in [1.54, 1.807) is 6.07 Å². The van der Waals surface area contributed by atoms with Gasteiger partial charge in [0.1, 0.15) is 0 Å². The van der Waals surface area contributed by atoms with Gasteiger partial charge in [-0.3, -0.25) is 5.10 Å². The van der Waals surface area contributed by atoms with Gasteiger partial charge in [-0.2, -0.15) is 10.4 Å². The van der Waals surface area contributed by atoms with Crippen LogP contribution in [0.5, 0.6) is 0 Å². The Morgan fingerprint density at radius 1 is 1.41 bits per heavy atom. The summed E-state index contributed by atoms with van der Waals surface area (Å²) in [5, 5.41) is 19.2. The molecule has 1 aromatic carbocycles. The molecule has 1 heterocycles. The Morgan fingerprint density at radius 2 is 2.24 bits per heavy atom. The summed E-state index contributed by atoms with van der Waals surface area (Å²) in [6.07, 6.45) is 0. The van der Waals surface area contributed by atoms with Gasteiger partial charge in [0.2, 0.25) is 0 Å². The van der Waals surface area contributed by atoms with E-state index in [1.165, 1.54) is 0 Å². The first-order valence-corrected chi connectivity index (χ1v) is 5.45. The van der Waals surface area contributed by atoms with Crippen LogP contribution in [0.1, 0.15) is 22.5 Å². The first-order valence-electron chi connectivity index (χ1n) is 5.45. The van der Waals surface area contributed by atoms with E-state index in [4.69, 9.17) is 5.26 Å². The number of nitrogens with one attached hydrogen (secondary N) is 2. The molecule has 0 fully saturated rings. The molecular weight excluding hydrogens is 212 g/mol. The number of nitriles is 1. The minimum Gasteiger partial charge on any atom is -0.378 e. The van der Waals surface area contributed by atoms with Gasteiger partial charge in [-0.05, 0) is 31.5 Å². The number of benzene rings is 1. The molecule has 0 saturated heterocycles. The molecule has 0 aliphatic heterocycles. The first-order chi connectivity index (χ1) is 8.20. The molecular formula is C13H14N4. The highest BCUT2D eigenvalue weighted by molar-refractivity contribution is 5.51. The van der Waals surface area contributed by atoms with Crippen molar-refractivity contribution in [3.8, 4) is 6.07 Å². The number of rotatable bonds is 3. The minimum absolute atomic E-state index is 0.685. The summed E-state index contributed by atoms with van der Waals surface area (Å²) >= 11 is 0. The highest BCUT2D eigenvalue weighted by atomic mass is 15.1. The number of aryl methyl sites for hydroxylation is 2. The highest BCUT2D eigenvalue weighted by Crippen LogP contribution is 2.17. The molecule has 0 bridgehead atoms. The number of hydrogen-bond donors (Lipinski definition) is 2. The normalized spacial score (nSPS) is 9.94. The first kappa shape index (κ1) is 11.2. The number of hydrogen-bond acceptors (Lipinski definition) is 3. The lowest BCUT2D eigenvalue weighted by Gasteiger charge is -2.06. The molecule has 0 atom stereocenters. The van der Waals surface area contributed by atoms with Crippen LogP contribution in [0.2, 0.25) is 0 Å². The molecule has 2 aromatic rings. The molecule has 4 nitrogen and oxygen atoms in total. The summed E-state index contributed by atoms with van der Waals surface area (Å²) in [5.41, 5.74) is 4.79. The maximum atomic E-state index is 8.82. The molecule has 17 heavy (non-hydrogen) atoms. The van der Waals surface area contributed by atoms with Gasteiger partial charge < -0.3 is 5.32 Å². The third kappa shape index (κ3) is 2.45. The van der Waals surface area contributed by atoms with E-state index in [2.05, 4.69) is 21.6 Å². The Balaban J connectivity index is 2.10. The summed E-state index contributed by atoms with van der Waals surface area (Å²) in [7, 11) is 0. The van der Waals surface area contributed by atoms with Crippen LogP contribution in [0.3, 0.4) is 0 Å². The fourth-order valence-corrected chi connectivity index (χ4v) is 1.75. The lowest BCUT2D eigenvalue weighted by Crippen LogP contribution is -2.01. The number of nitrogens with zero attached hydrogens (tertiary/aromatic N) is 2. The Hall–Kier alpha value is -2.28. The second-order valence-electron chi connectivity index (χ2n) is 3.97. The molecule has 2 rings (SSSR count). The van der Waals surface area contributed by atoms with Crippen LogP contribution in [-0.2, 0) is 6.54 Å². The van der Waals surface area contributed by atoms with Gasteiger partial charge in [-0.25, -0.2) is 0 Å². The van der Waals surface area contributed by atoms with Crippen molar-refractivity contribution in [2.45, 2.75) is 20.4 Å². The summed E-state index contributed by atoms with van der Waals surface area (Å²) in [6, 6.07) is 9.72. The van der Waals surface area contributed by atoms with E-state index < -0.39 is 0 Å². The highest BCUT2D eigenvalue weighted by Gasteiger charge is 2.05. The average molecular weight is 226 g/mol. The second-order valence-corrected chi connectivity index (χ2v) is 3.97. The third-order valence-electron chi connectivity index (χ3n) is 2.65. The van der Waals surface area contributed by atoms with Crippen molar-refractivity contribution in [2.75, 3.05) is 5.32 Å². The van der Waals surface area contributed by atoms with Crippen molar-refractivity contribution < 1.29 is 0 Å². The number of anilines is 1. The van der Waals surface area contributed by atoms with Crippen LogP contribution >= 0.6 is 0 Å². The van der Waals surface area contributed by atoms with Gasteiger partial charge in [0.05, 0.1) is 28.7 Å². The SMILES string of the molecule is Cc1n[nH]c(C)c1NCc1cccc(C#N)c1. The Morgan fingerprint density at radius 3 is 2.88 bits per heavy atom. The Kier molecular flexibility index (Phi) is 3.10. The summed E-state index contributed by atoms with van der Waals surface area (Å²) < 4.78 is 0. The fraction of sp³-hybridized carbons (Fsp3) is 0.231. The van der Waals surface area contributed by atoms with Crippen molar-refractivity contribution in [2.24, 2.45) is 0 Å².